The zero-order valence-corrected chi connectivity index (χ0v) is 7.18. The van der Waals surface area contributed by atoms with Crippen molar-refractivity contribution in [1.29, 1.82) is 0 Å². The number of primary amides is 1. The van der Waals surface area contributed by atoms with Crippen LogP contribution in [0.25, 0.3) is 5.65 Å². The van der Waals surface area contributed by atoms with Gasteiger partial charge in [0.05, 0.1) is 0 Å². The highest BCUT2D eigenvalue weighted by molar-refractivity contribution is 5.91. The molecular formula is C9H7N3O2. The van der Waals surface area contributed by atoms with Crippen molar-refractivity contribution in [3.05, 3.63) is 46.5 Å². The van der Waals surface area contributed by atoms with Crippen LogP contribution in [0.5, 0.6) is 0 Å². The van der Waals surface area contributed by atoms with Crippen molar-refractivity contribution in [1.82, 2.24) is 9.38 Å². The Kier molecular flexibility index (Phi) is 1.78. The van der Waals surface area contributed by atoms with Gasteiger partial charge >= 0.3 is 0 Å². The Morgan fingerprint density at radius 1 is 1.43 bits per heavy atom. The van der Waals surface area contributed by atoms with E-state index >= 15 is 0 Å². The number of hydrogen-bond acceptors (Lipinski definition) is 3. The maximum atomic E-state index is 11.4. The smallest absolute Gasteiger partial charge is 0.267 e. The fourth-order valence-electron chi connectivity index (χ4n) is 1.18. The van der Waals surface area contributed by atoms with Gasteiger partial charge < -0.3 is 5.73 Å². The molecule has 0 aliphatic heterocycles. The molecule has 5 nitrogen and oxygen atoms in total. The van der Waals surface area contributed by atoms with E-state index in [1.807, 2.05) is 0 Å². The molecule has 0 aromatic carbocycles. The van der Waals surface area contributed by atoms with E-state index in [1.165, 1.54) is 4.40 Å². The number of carbonyl (C=O) groups excluding carboxylic acids is 1. The molecular weight excluding hydrogens is 182 g/mol. The van der Waals surface area contributed by atoms with Crippen molar-refractivity contribution in [2.75, 3.05) is 0 Å². The number of carbonyl (C=O) groups is 1. The summed E-state index contributed by atoms with van der Waals surface area (Å²) in [6, 6.07) is 6.19. The summed E-state index contributed by atoms with van der Waals surface area (Å²) in [5.74, 6) is -0.701. The fraction of sp³-hybridized carbons (Fsp3) is 0. The molecule has 5 heteroatoms. The van der Waals surface area contributed by atoms with E-state index < -0.39 is 5.91 Å². The van der Waals surface area contributed by atoms with Crippen LogP contribution in [0.4, 0.5) is 0 Å². The SMILES string of the molecule is NC(=O)c1cc(=O)n2ccccc2n1. The second-order valence-electron chi connectivity index (χ2n) is 2.77. The summed E-state index contributed by atoms with van der Waals surface area (Å²) in [6.45, 7) is 0. The monoisotopic (exact) mass is 189 g/mol. The first-order valence-corrected chi connectivity index (χ1v) is 3.97. The normalized spacial score (nSPS) is 10.3. The van der Waals surface area contributed by atoms with Crippen molar-refractivity contribution in [2.24, 2.45) is 5.73 Å². The van der Waals surface area contributed by atoms with E-state index in [1.54, 1.807) is 24.4 Å². The lowest BCUT2D eigenvalue weighted by Gasteiger charge is -1.99. The highest BCUT2D eigenvalue weighted by atomic mass is 16.1. The maximum Gasteiger partial charge on any atom is 0.267 e. The van der Waals surface area contributed by atoms with E-state index in [0.29, 0.717) is 5.65 Å². The second-order valence-corrected chi connectivity index (χ2v) is 2.77. The largest absolute Gasteiger partial charge is 0.364 e. The molecule has 0 saturated carbocycles. The predicted molar refractivity (Wildman–Crippen MR) is 50.0 cm³/mol. The molecule has 0 aliphatic rings. The third kappa shape index (κ3) is 1.24. The summed E-state index contributed by atoms with van der Waals surface area (Å²) in [7, 11) is 0. The van der Waals surface area contributed by atoms with Crippen molar-refractivity contribution in [3.63, 3.8) is 0 Å². The summed E-state index contributed by atoms with van der Waals surface area (Å²) in [6.07, 6.45) is 1.58. The number of fused-ring (bicyclic) bond motifs is 1. The first-order valence-electron chi connectivity index (χ1n) is 3.97. The summed E-state index contributed by atoms with van der Waals surface area (Å²) in [5, 5.41) is 0. The van der Waals surface area contributed by atoms with Gasteiger partial charge in [0, 0.05) is 12.3 Å². The van der Waals surface area contributed by atoms with Gasteiger partial charge in [0.1, 0.15) is 11.3 Å². The molecule has 14 heavy (non-hydrogen) atoms. The van der Waals surface area contributed by atoms with Crippen LogP contribution < -0.4 is 11.3 Å². The topological polar surface area (TPSA) is 77.5 Å². The van der Waals surface area contributed by atoms with E-state index in [0.717, 1.165) is 6.07 Å². The molecule has 0 saturated heterocycles. The molecule has 1 amide bonds. The van der Waals surface area contributed by atoms with Crippen LogP contribution in [-0.2, 0) is 0 Å². The van der Waals surface area contributed by atoms with Crippen molar-refractivity contribution in [2.45, 2.75) is 0 Å². The average molecular weight is 189 g/mol. The first-order chi connectivity index (χ1) is 6.68. The molecule has 2 aromatic heterocycles. The molecule has 0 atom stereocenters. The van der Waals surface area contributed by atoms with E-state index in [-0.39, 0.29) is 11.3 Å². The van der Waals surface area contributed by atoms with Crippen molar-refractivity contribution >= 4 is 11.6 Å². The molecule has 0 spiro atoms. The molecule has 0 bridgehead atoms. The number of nitrogens with two attached hydrogens (primary N) is 1. The van der Waals surface area contributed by atoms with Crippen LogP contribution in [0.3, 0.4) is 0 Å². The van der Waals surface area contributed by atoms with E-state index in [4.69, 9.17) is 5.73 Å². The van der Waals surface area contributed by atoms with E-state index in [2.05, 4.69) is 4.98 Å². The highest BCUT2D eigenvalue weighted by Gasteiger charge is 2.05. The lowest BCUT2D eigenvalue weighted by atomic mass is 10.3. The quantitative estimate of drug-likeness (QED) is 0.674. The minimum atomic E-state index is -0.701. The molecule has 70 valence electrons. The van der Waals surface area contributed by atoms with Crippen molar-refractivity contribution < 1.29 is 4.79 Å². The Hall–Kier alpha value is -2.17. The summed E-state index contributed by atoms with van der Waals surface area (Å²) >= 11 is 0. The Balaban J connectivity index is 2.86. The van der Waals surface area contributed by atoms with Gasteiger partial charge in [-0.15, -0.1) is 0 Å². The molecule has 0 fully saturated rings. The van der Waals surface area contributed by atoms with E-state index in [9.17, 15) is 9.59 Å². The number of amides is 1. The number of aromatic nitrogens is 2. The Morgan fingerprint density at radius 2 is 2.21 bits per heavy atom. The average Bonchev–Trinajstić information content (AvgIpc) is 2.17. The number of pyridine rings is 1. The van der Waals surface area contributed by atoms with Gasteiger partial charge in [-0.05, 0) is 12.1 Å². The molecule has 2 N–H and O–H groups in total. The van der Waals surface area contributed by atoms with Gasteiger partial charge in [0.25, 0.3) is 11.5 Å². The molecule has 2 heterocycles. The molecule has 0 radical (unpaired) electrons. The summed E-state index contributed by atoms with van der Waals surface area (Å²) in [4.78, 5) is 26.2. The number of rotatable bonds is 1. The molecule has 2 aromatic rings. The number of nitrogens with zero attached hydrogens (tertiary/aromatic N) is 2. The van der Waals surface area contributed by atoms with Gasteiger partial charge in [-0.3, -0.25) is 14.0 Å². The van der Waals surface area contributed by atoms with Crippen LogP contribution in [-0.4, -0.2) is 15.3 Å². The number of hydrogen-bond donors (Lipinski definition) is 1. The lowest BCUT2D eigenvalue weighted by molar-refractivity contribution is 0.0995. The Morgan fingerprint density at radius 3 is 2.93 bits per heavy atom. The highest BCUT2D eigenvalue weighted by Crippen LogP contribution is 1.97. The van der Waals surface area contributed by atoms with Gasteiger partial charge in [-0.2, -0.15) is 0 Å². The van der Waals surface area contributed by atoms with Crippen LogP contribution in [0, 0.1) is 0 Å². The van der Waals surface area contributed by atoms with Gasteiger partial charge in [-0.1, -0.05) is 6.07 Å². The lowest BCUT2D eigenvalue weighted by Crippen LogP contribution is -2.21. The fourth-order valence-corrected chi connectivity index (χ4v) is 1.18. The minimum absolute atomic E-state index is 0.0128. The second kappa shape index (κ2) is 2.95. The maximum absolute atomic E-state index is 11.4. The van der Waals surface area contributed by atoms with Crippen molar-refractivity contribution in [3.8, 4) is 0 Å². The predicted octanol–water partition coefficient (Wildman–Crippen LogP) is -0.207. The van der Waals surface area contributed by atoms with Crippen LogP contribution >= 0.6 is 0 Å². The molecule has 2 rings (SSSR count). The molecule has 0 unspecified atom stereocenters. The van der Waals surface area contributed by atoms with Gasteiger partial charge in [0.2, 0.25) is 0 Å². The Bertz CT molecular complexity index is 559. The zero-order chi connectivity index (χ0) is 10.1. The summed E-state index contributed by atoms with van der Waals surface area (Å²) in [5.41, 5.74) is 5.11. The van der Waals surface area contributed by atoms with Crippen LogP contribution in [0.1, 0.15) is 10.5 Å². The van der Waals surface area contributed by atoms with Crippen LogP contribution in [0.2, 0.25) is 0 Å². The van der Waals surface area contributed by atoms with Crippen LogP contribution in [0.15, 0.2) is 35.3 Å². The first kappa shape index (κ1) is 8.43. The minimum Gasteiger partial charge on any atom is -0.364 e. The third-order valence-corrected chi connectivity index (χ3v) is 1.82. The Labute approximate surface area is 78.8 Å². The zero-order valence-electron chi connectivity index (χ0n) is 7.18. The standard InChI is InChI=1S/C9H7N3O2/c10-9(14)6-5-8(13)12-4-2-1-3-7(12)11-6/h1-5H,(H2,10,14). The third-order valence-electron chi connectivity index (χ3n) is 1.82. The summed E-state index contributed by atoms with van der Waals surface area (Å²) < 4.78 is 1.34. The van der Waals surface area contributed by atoms with Gasteiger partial charge in [-0.25, -0.2) is 4.98 Å². The van der Waals surface area contributed by atoms with Gasteiger partial charge in [0.15, 0.2) is 0 Å². The molecule has 0 aliphatic carbocycles.